The molecule has 6 heteroatoms. The van der Waals surface area contributed by atoms with Gasteiger partial charge in [0.2, 0.25) is 5.91 Å². The van der Waals surface area contributed by atoms with Crippen LogP contribution < -0.4 is 16.8 Å². The second kappa shape index (κ2) is 4.32. The molecule has 1 heterocycles. The normalized spacial score (nSPS) is 12.5. The monoisotopic (exact) mass is 234 g/mol. The maximum atomic E-state index is 10.7. The smallest absolute Gasteiger partial charge is 0.295 e. The van der Waals surface area contributed by atoms with E-state index in [2.05, 4.69) is 10.3 Å². The van der Waals surface area contributed by atoms with Gasteiger partial charge in [0.1, 0.15) is 5.52 Å². The van der Waals surface area contributed by atoms with E-state index in [0.29, 0.717) is 22.8 Å². The van der Waals surface area contributed by atoms with Crippen LogP contribution in [-0.2, 0) is 4.79 Å². The fraction of sp³-hybridized carbons (Fsp3) is 0.273. The number of carbonyl (C=O) groups is 1. The standard InChI is InChI=1S/C11H14N4O2/c1-6(4-10(13)16)14-11-15-8-3-2-7(12)5-9(8)17-11/h2-3,5-6H,4,12H2,1H3,(H2,13,16)(H,14,15). The van der Waals surface area contributed by atoms with Crippen LogP contribution in [0.3, 0.4) is 0 Å². The number of fused-ring (bicyclic) bond motifs is 1. The average Bonchev–Trinajstić information content (AvgIpc) is 2.57. The molecule has 0 bridgehead atoms. The zero-order chi connectivity index (χ0) is 12.4. The lowest BCUT2D eigenvalue weighted by atomic mass is 10.2. The van der Waals surface area contributed by atoms with Gasteiger partial charge in [-0.25, -0.2) is 0 Å². The van der Waals surface area contributed by atoms with Crippen LogP contribution in [0, 0.1) is 0 Å². The van der Waals surface area contributed by atoms with Crippen molar-refractivity contribution in [2.24, 2.45) is 5.73 Å². The van der Waals surface area contributed by atoms with Crippen molar-refractivity contribution in [2.45, 2.75) is 19.4 Å². The van der Waals surface area contributed by atoms with E-state index in [1.807, 2.05) is 6.92 Å². The quantitative estimate of drug-likeness (QED) is 0.686. The summed E-state index contributed by atoms with van der Waals surface area (Å²) in [7, 11) is 0. The number of nitrogens with one attached hydrogen (secondary N) is 1. The van der Waals surface area contributed by atoms with E-state index in [0.717, 1.165) is 0 Å². The summed E-state index contributed by atoms with van der Waals surface area (Å²) >= 11 is 0. The van der Waals surface area contributed by atoms with Gasteiger partial charge in [-0.1, -0.05) is 0 Å². The molecule has 1 aromatic heterocycles. The van der Waals surface area contributed by atoms with Crippen molar-refractivity contribution in [2.75, 3.05) is 11.1 Å². The molecule has 5 N–H and O–H groups in total. The first-order chi connectivity index (χ1) is 8.04. The molecular weight excluding hydrogens is 220 g/mol. The number of nitrogen functional groups attached to an aromatic ring is 1. The summed E-state index contributed by atoms with van der Waals surface area (Å²) < 4.78 is 5.45. The predicted octanol–water partition coefficient (Wildman–Crippen LogP) is 1.09. The Kier molecular flexibility index (Phi) is 2.86. The van der Waals surface area contributed by atoms with Crippen molar-refractivity contribution in [3.05, 3.63) is 18.2 Å². The molecule has 1 amide bonds. The van der Waals surface area contributed by atoms with E-state index in [1.165, 1.54) is 0 Å². The molecule has 0 radical (unpaired) electrons. The third-order valence-corrected chi connectivity index (χ3v) is 2.29. The second-order valence-corrected chi connectivity index (χ2v) is 3.96. The predicted molar refractivity (Wildman–Crippen MR) is 65.3 cm³/mol. The minimum absolute atomic E-state index is 0.127. The first-order valence-corrected chi connectivity index (χ1v) is 5.25. The highest BCUT2D eigenvalue weighted by atomic mass is 16.4. The van der Waals surface area contributed by atoms with Crippen molar-refractivity contribution < 1.29 is 9.21 Å². The molecule has 2 rings (SSSR count). The van der Waals surface area contributed by atoms with E-state index in [-0.39, 0.29) is 18.4 Å². The zero-order valence-corrected chi connectivity index (χ0v) is 9.43. The molecule has 0 aliphatic heterocycles. The SMILES string of the molecule is CC(CC(N)=O)Nc1nc2ccc(N)cc2o1. The van der Waals surface area contributed by atoms with Crippen molar-refractivity contribution >= 4 is 28.7 Å². The van der Waals surface area contributed by atoms with Gasteiger partial charge in [-0.05, 0) is 19.1 Å². The van der Waals surface area contributed by atoms with Crippen LogP contribution in [0.15, 0.2) is 22.6 Å². The van der Waals surface area contributed by atoms with Gasteiger partial charge in [-0.15, -0.1) is 0 Å². The van der Waals surface area contributed by atoms with Gasteiger partial charge >= 0.3 is 0 Å². The lowest BCUT2D eigenvalue weighted by Crippen LogP contribution is -2.24. The minimum Gasteiger partial charge on any atom is -0.423 e. The number of rotatable bonds is 4. The molecule has 1 unspecified atom stereocenters. The average molecular weight is 234 g/mol. The van der Waals surface area contributed by atoms with Crippen molar-refractivity contribution in [1.29, 1.82) is 0 Å². The molecule has 0 aliphatic carbocycles. The summed E-state index contributed by atoms with van der Waals surface area (Å²) in [6.45, 7) is 1.83. The molecule has 0 saturated heterocycles. The number of oxazole rings is 1. The van der Waals surface area contributed by atoms with E-state index in [1.54, 1.807) is 18.2 Å². The van der Waals surface area contributed by atoms with Gasteiger partial charge in [0.15, 0.2) is 5.58 Å². The molecule has 17 heavy (non-hydrogen) atoms. The Balaban J connectivity index is 2.16. The number of primary amides is 1. The Bertz CT molecular complexity index is 549. The van der Waals surface area contributed by atoms with Crippen molar-refractivity contribution in [3.63, 3.8) is 0 Å². The number of hydrogen-bond donors (Lipinski definition) is 3. The van der Waals surface area contributed by atoms with E-state index >= 15 is 0 Å². The third kappa shape index (κ3) is 2.66. The minimum atomic E-state index is -0.370. The maximum Gasteiger partial charge on any atom is 0.295 e. The van der Waals surface area contributed by atoms with Crippen LogP contribution in [0.4, 0.5) is 11.7 Å². The summed E-state index contributed by atoms with van der Waals surface area (Å²) in [4.78, 5) is 14.9. The molecule has 0 spiro atoms. The Morgan fingerprint density at radius 2 is 2.35 bits per heavy atom. The first-order valence-electron chi connectivity index (χ1n) is 5.25. The molecule has 0 aliphatic rings. The van der Waals surface area contributed by atoms with Crippen LogP contribution in [0.5, 0.6) is 0 Å². The fourth-order valence-corrected chi connectivity index (χ4v) is 1.57. The molecule has 1 atom stereocenters. The molecule has 0 saturated carbocycles. The molecule has 6 nitrogen and oxygen atoms in total. The second-order valence-electron chi connectivity index (χ2n) is 3.96. The number of amides is 1. The molecular formula is C11H14N4O2. The van der Waals surface area contributed by atoms with E-state index in [4.69, 9.17) is 15.9 Å². The Labute approximate surface area is 98.0 Å². The number of hydrogen-bond acceptors (Lipinski definition) is 5. The van der Waals surface area contributed by atoms with Crippen LogP contribution >= 0.6 is 0 Å². The summed E-state index contributed by atoms with van der Waals surface area (Å²) in [5.74, 6) is -0.370. The largest absolute Gasteiger partial charge is 0.423 e. The number of aromatic nitrogens is 1. The van der Waals surface area contributed by atoms with Gasteiger partial charge in [0, 0.05) is 24.2 Å². The van der Waals surface area contributed by atoms with Crippen molar-refractivity contribution in [3.8, 4) is 0 Å². The van der Waals surface area contributed by atoms with E-state index < -0.39 is 0 Å². The molecule has 90 valence electrons. The lowest BCUT2D eigenvalue weighted by Gasteiger charge is -2.08. The topological polar surface area (TPSA) is 107 Å². The molecule has 0 fully saturated rings. The highest BCUT2D eigenvalue weighted by Crippen LogP contribution is 2.21. The lowest BCUT2D eigenvalue weighted by molar-refractivity contribution is -0.118. The number of nitrogens with two attached hydrogens (primary N) is 2. The summed E-state index contributed by atoms with van der Waals surface area (Å²) in [6, 6.07) is 5.46. The fourth-order valence-electron chi connectivity index (χ4n) is 1.57. The highest BCUT2D eigenvalue weighted by molar-refractivity contribution is 5.78. The van der Waals surface area contributed by atoms with E-state index in [9.17, 15) is 4.79 Å². The van der Waals surface area contributed by atoms with Gasteiger partial charge in [-0.3, -0.25) is 4.79 Å². The Morgan fingerprint density at radius 3 is 3.06 bits per heavy atom. The van der Waals surface area contributed by atoms with Gasteiger partial charge < -0.3 is 21.2 Å². The van der Waals surface area contributed by atoms with Gasteiger partial charge in [-0.2, -0.15) is 4.98 Å². The van der Waals surface area contributed by atoms with Gasteiger partial charge in [0.25, 0.3) is 6.01 Å². The summed E-state index contributed by atoms with van der Waals surface area (Å²) in [5.41, 5.74) is 12.7. The van der Waals surface area contributed by atoms with Crippen LogP contribution in [-0.4, -0.2) is 16.9 Å². The van der Waals surface area contributed by atoms with Gasteiger partial charge in [0.05, 0.1) is 0 Å². The van der Waals surface area contributed by atoms with Crippen LogP contribution in [0.1, 0.15) is 13.3 Å². The maximum absolute atomic E-state index is 10.7. The highest BCUT2D eigenvalue weighted by Gasteiger charge is 2.10. The summed E-state index contributed by atoms with van der Waals surface area (Å²) in [5, 5.41) is 2.96. The summed E-state index contributed by atoms with van der Waals surface area (Å²) in [6.07, 6.45) is 0.223. The van der Waals surface area contributed by atoms with Crippen molar-refractivity contribution in [1.82, 2.24) is 4.98 Å². The van der Waals surface area contributed by atoms with Crippen LogP contribution in [0.25, 0.3) is 11.1 Å². The number of nitrogens with zero attached hydrogens (tertiary/aromatic N) is 1. The molecule has 1 aromatic carbocycles. The third-order valence-electron chi connectivity index (χ3n) is 2.29. The number of anilines is 2. The van der Waals surface area contributed by atoms with Crippen LogP contribution in [0.2, 0.25) is 0 Å². The number of benzene rings is 1. The number of carbonyl (C=O) groups excluding carboxylic acids is 1. The first kappa shape index (κ1) is 11.3. The Morgan fingerprint density at radius 1 is 1.59 bits per heavy atom. The zero-order valence-electron chi connectivity index (χ0n) is 9.43. The molecule has 2 aromatic rings. The Hall–Kier alpha value is -2.24.